The van der Waals surface area contributed by atoms with Gasteiger partial charge in [0.2, 0.25) is 0 Å². The van der Waals surface area contributed by atoms with Crippen molar-refractivity contribution in [2.75, 3.05) is 28.4 Å². The molecule has 4 rings (SSSR count). The van der Waals surface area contributed by atoms with Gasteiger partial charge in [-0.3, -0.25) is 0 Å². The summed E-state index contributed by atoms with van der Waals surface area (Å²) in [6, 6.07) is 8.96. The van der Waals surface area contributed by atoms with Gasteiger partial charge in [-0.25, -0.2) is 0 Å². The number of hydrogen-bond donors (Lipinski definition) is 1. The lowest BCUT2D eigenvalue weighted by molar-refractivity contribution is 0.338. The smallest absolute Gasteiger partial charge is 0.161 e. The van der Waals surface area contributed by atoms with Crippen molar-refractivity contribution in [3.63, 3.8) is 0 Å². The van der Waals surface area contributed by atoms with Crippen LogP contribution in [-0.2, 0) is 12.8 Å². The molecule has 0 aromatic heterocycles. The third kappa shape index (κ3) is 2.50. The van der Waals surface area contributed by atoms with E-state index in [2.05, 4.69) is 29.6 Å². The number of benzene rings is 2. The van der Waals surface area contributed by atoms with Crippen molar-refractivity contribution in [1.82, 2.24) is 5.32 Å². The zero-order valence-corrected chi connectivity index (χ0v) is 15.0. The monoisotopic (exact) mass is 341 g/mol. The van der Waals surface area contributed by atoms with Gasteiger partial charge in [-0.15, -0.1) is 0 Å². The normalized spacial score (nSPS) is 20.3. The van der Waals surface area contributed by atoms with Gasteiger partial charge in [0, 0.05) is 12.1 Å². The number of methoxy groups -OCH3 is 4. The fourth-order valence-corrected chi connectivity index (χ4v) is 4.08. The van der Waals surface area contributed by atoms with Crippen LogP contribution in [0, 0.1) is 0 Å². The van der Waals surface area contributed by atoms with E-state index < -0.39 is 0 Å². The van der Waals surface area contributed by atoms with Gasteiger partial charge in [0.05, 0.1) is 28.4 Å². The Morgan fingerprint density at radius 1 is 0.640 bits per heavy atom. The third-order valence-electron chi connectivity index (χ3n) is 5.29. The number of fused-ring (bicyclic) bond motifs is 6. The molecule has 132 valence electrons. The summed E-state index contributed by atoms with van der Waals surface area (Å²) in [5.41, 5.74) is 5.20. The van der Waals surface area contributed by atoms with Crippen molar-refractivity contribution in [2.45, 2.75) is 24.9 Å². The quantitative estimate of drug-likeness (QED) is 0.925. The fraction of sp³-hybridized carbons (Fsp3) is 0.400. The Labute approximate surface area is 147 Å². The first kappa shape index (κ1) is 16.1. The van der Waals surface area contributed by atoms with Crippen LogP contribution in [0.2, 0.25) is 0 Å². The molecule has 2 bridgehead atoms. The molecule has 0 radical (unpaired) electrons. The molecule has 0 aliphatic carbocycles. The first-order valence-electron chi connectivity index (χ1n) is 8.44. The van der Waals surface area contributed by atoms with Gasteiger partial charge in [0.1, 0.15) is 0 Å². The van der Waals surface area contributed by atoms with E-state index in [0.29, 0.717) is 0 Å². The predicted octanol–water partition coefficient (Wildman–Crippen LogP) is 3.21. The van der Waals surface area contributed by atoms with Crippen LogP contribution >= 0.6 is 0 Å². The van der Waals surface area contributed by atoms with Gasteiger partial charge in [-0.05, 0) is 59.4 Å². The van der Waals surface area contributed by atoms with E-state index in [0.717, 1.165) is 35.8 Å². The fourth-order valence-electron chi connectivity index (χ4n) is 4.08. The lowest BCUT2D eigenvalue weighted by atomic mass is 9.78. The third-order valence-corrected chi connectivity index (χ3v) is 5.29. The van der Waals surface area contributed by atoms with E-state index >= 15 is 0 Å². The van der Waals surface area contributed by atoms with Crippen LogP contribution in [0.5, 0.6) is 23.0 Å². The molecule has 5 nitrogen and oxygen atoms in total. The second kappa shape index (κ2) is 6.15. The Bertz CT molecular complexity index is 750. The highest BCUT2D eigenvalue weighted by Gasteiger charge is 2.35. The molecule has 0 spiro atoms. The lowest BCUT2D eigenvalue weighted by Crippen LogP contribution is -2.39. The highest BCUT2D eigenvalue weighted by atomic mass is 16.5. The van der Waals surface area contributed by atoms with E-state index in [-0.39, 0.29) is 12.1 Å². The van der Waals surface area contributed by atoms with E-state index in [1.165, 1.54) is 22.3 Å². The van der Waals surface area contributed by atoms with Crippen molar-refractivity contribution in [2.24, 2.45) is 0 Å². The molecule has 2 aromatic rings. The molecule has 25 heavy (non-hydrogen) atoms. The van der Waals surface area contributed by atoms with Crippen LogP contribution in [0.3, 0.4) is 0 Å². The summed E-state index contributed by atoms with van der Waals surface area (Å²) in [6.45, 7) is 0. The van der Waals surface area contributed by atoms with Gasteiger partial charge in [0.25, 0.3) is 0 Å². The summed E-state index contributed by atoms with van der Waals surface area (Å²) < 4.78 is 21.9. The molecule has 2 aliphatic rings. The second-order valence-electron chi connectivity index (χ2n) is 6.49. The SMILES string of the molecule is COc1cc2c(cc1OC)C1Cc3cc(OC)c(OC)cc3C(C2)N1. The van der Waals surface area contributed by atoms with Crippen LogP contribution in [0.15, 0.2) is 24.3 Å². The molecular formula is C20H23NO4. The van der Waals surface area contributed by atoms with Gasteiger partial charge < -0.3 is 24.3 Å². The van der Waals surface area contributed by atoms with Gasteiger partial charge in [-0.2, -0.15) is 0 Å². The first-order chi connectivity index (χ1) is 12.2. The first-order valence-corrected chi connectivity index (χ1v) is 8.44. The minimum Gasteiger partial charge on any atom is -0.493 e. The minimum absolute atomic E-state index is 0.263. The summed E-state index contributed by atoms with van der Waals surface area (Å²) in [5.74, 6) is 3.13. The number of ether oxygens (including phenoxy) is 4. The van der Waals surface area contributed by atoms with Crippen LogP contribution in [0.25, 0.3) is 0 Å². The van der Waals surface area contributed by atoms with Crippen LogP contribution < -0.4 is 24.3 Å². The number of rotatable bonds is 4. The standard InChI is InChI=1S/C20H23NO4/c1-22-17-7-11-5-15-14-10-20(25-4)18(23-2)8-12(14)6-16(21-15)13(11)9-19(17)24-3/h7-10,15-16,21H,5-6H2,1-4H3. The van der Waals surface area contributed by atoms with E-state index in [4.69, 9.17) is 18.9 Å². The Balaban J connectivity index is 1.79. The highest BCUT2D eigenvalue weighted by molar-refractivity contribution is 5.55. The molecule has 2 unspecified atom stereocenters. The highest BCUT2D eigenvalue weighted by Crippen LogP contribution is 2.46. The molecule has 2 aromatic carbocycles. The molecule has 0 fully saturated rings. The predicted molar refractivity (Wildman–Crippen MR) is 95.1 cm³/mol. The zero-order valence-electron chi connectivity index (χ0n) is 15.0. The molecule has 2 aliphatic heterocycles. The van der Waals surface area contributed by atoms with E-state index in [1.807, 2.05) is 0 Å². The molecule has 2 heterocycles. The largest absolute Gasteiger partial charge is 0.493 e. The molecule has 0 saturated carbocycles. The summed E-state index contributed by atoms with van der Waals surface area (Å²) in [5, 5.41) is 3.75. The second-order valence-corrected chi connectivity index (χ2v) is 6.49. The lowest BCUT2D eigenvalue weighted by Gasteiger charge is -2.39. The van der Waals surface area contributed by atoms with Gasteiger partial charge in [-0.1, -0.05) is 0 Å². The van der Waals surface area contributed by atoms with E-state index in [9.17, 15) is 0 Å². The van der Waals surface area contributed by atoms with Crippen molar-refractivity contribution in [3.8, 4) is 23.0 Å². The van der Waals surface area contributed by atoms with Crippen LogP contribution in [0.1, 0.15) is 34.3 Å². The maximum Gasteiger partial charge on any atom is 0.161 e. The molecular weight excluding hydrogens is 318 g/mol. The number of hydrogen-bond acceptors (Lipinski definition) is 5. The average Bonchev–Trinajstić information content (AvgIpc) is 2.66. The van der Waals surface area contributed by atoms with Crippen molar-refractivity contribution >= 4 is 0 Å². The zero-order chi connectivity index (χ0) is 17.6. The summed E-state index contributed by atoms with van der Waals surface area (Å²) in [4.78, 5) is 0. The average molecular weight is 341 g/mol. The Hall–Kier alpha value is -2.40. The molecule has 2 atom stereocenters. The maximum atomic E-state index is 5.49. The van der Waals surface area contributed by atoms with Crippen LogP contribution in [0.4, 0.5) is 0 Å². The molecule has 5 heteroatoms. The van der Waals surface area contributed by atoms with Gasteiger partial charge >= 0.3 is 0 Å². The van der Waals surface area contributed by atoms with Crippen molar-refractivity contribution < 1.29 is 18.9 Å². The topological polar surface area (TPSA) is 49.0 Å². The van der Waals surface area contributed by atoms with E-state index in [1.54, 1.807) is 28.4 Å². The Morgan fingerprint density at radius 2 is 1.00 bits per heavy atom. The van der Waals surface area contributed by atoms with Crippen molar-refractivity contribution in [3.05, 3.63) is 46.5 Å². The molecule has 0 amide bonds. The van der Waals surface area contributed by atoms with Crippen LogP contribution in [-0.4, -0.2) is 28.4 Å². The Morgan fingerprint density at radius 3 is 1.36 bits per heavy atom. The molecule has 1 N–H and O–H groups in total. The number of nitrogens with one attached hydrogen (secondary N) is 1. The maximum absolute atomic E-state index is 5.49. The van der Waals surface area contributed by atoms with Gasteiger partial charge in [0.15, 0.2) is 23.0 Å². The van der Waals surface area contributed by atoms with Crippen molar-refractivity contribution in [1.29, 1.82) is 0 Å². The Kier molecular flexibility index (Phi) is 3.96. The summed E-state index contributed by atoms with van der Waals surface area (Å²) in [7, 11) is 6.71. The summed E-state index contributed by atoms with van der Waals surface area (Å²) in [6.07, 6.45) is 1.82. The minimum atomic E-state index is 0.263. The molecule has 0 saturated heterocycles. The summed E-state index contributed by atoms with van der Waals surface area (Å²) >= 11 is 0.